The van der Waals surface area contributed by atoms with Gasteiger partial charge in [-0.15, -0.1) is 5.10 Å². The van der Waals surface area contributed by atoms with E-state index in [2.05, 4.69) is 55.9 Å². The molecule has 0 saturated carbocycles. The first-order valence-electron chi connectivity index (χ1n) is 11.6. The van der Waals surface area contributed by atoms with Crippen LogP contribution in [0.2, 0.25) is 0 Å². The van der Waals surface area contributed by atoms with Crippen molar-refractivity contribution in [1.82, 2.24) is 4.90 Å². The fourth-order valence-corrected chi connectivity index (χ4v) is 5.59. The molecule has 3 aromatic rings. The van der Waals surface area contributed by atoms with Gasteiger partial charge in [0.2, 0.25) is 0 Å². The number of rotatable bonds is 9. The van der Waals surface area contributed by atoms with E-state index in [0.717, 1.165) is 21.8 Å². The minimum absolute atomic E-state index is 0.0323. The molecule has 1 saturated heterocycles. The number of benzene rings is 2. The number of phenolic OH excluding ortho intramolecular Hbond substituents is 1. The highest BCUT2D eigenvalue weighted by Crippen LogP contribution is 2.38. The van der Waals surface area contributed by atoms with Gasteiger partial charge in [0.1, 0.15) is 11.5 Å². The topological polar surface area (TPSA) is 96.9 Å². The molecule has 2 heterocycles. The number of amidine groups is 1. The monoisotopic (exact) mass is 661 g/mol. The van der Waals surface area contributed by atoms with Crippen molar-refractivity contribution >= 4 is 67.0 Å². The predicted molar refractivity (Wildman–Crippen MR) is 157 cm³/mol. The van der Waals surface area contributed by atoms with Crippen LogP contribution in [0.4, 0.5) is 0 Å². The van der Waals surface area contributed by atoms with Crippen LogP contribution in [-0.4, -0.2) is 41.0 Å². The highest BCUT2D eigenvalue weighted by atomic mass is 79.9. The molecule has 1 aliphatic rings. The molecular weight excluding hydrogens is 638 g/mol. The zero-order valence-electron chi connectivity index (χ0n) is 20.9. The summed E-state index contributed by atoms with van der Waals surface area (Å²) in [5, 5.41) is 19.4. The highest BCUT2D eigenvalue weighted by Gasteiger charge is 2.34. The number of hydrogen-bond acceptors (Lipinski definition) is 8. The molecular formula is C27H25Br2N3O5S. The van der Waals surface area contributed by atoms with Crippen molar-refractivity contribution in [2.75, 3.05) is 13.7 Å². The summed E-state index contributed by atoms with van der Waals surface area (Å²) in [5.41, 5.74) is 1.24. The van der Waals surface area contributed by atoms with Gasteiger partial charge in [-0.1, -0.05) is 29.8 Å². The molecule has 8 nitrogen and oxygen atoms in total. The van der Waals surface area contributed by atoms with Crippen molar-refractivity contribution in [2.24, 2.45) is 16.1 Å². The van der Waals surface area contributed by atoms with Crippen LogP contribution in [0.5, 0.6) is 17.2 Å². The van der Waals surface area contributed by atoms with Crippen LogP contribution in [0.25, 0.3) is 6.08 Å². The van der Waals surface area contributed by atoms with E-state index in [4.69, 9.17) is 13.9 Å². The third-order valence-corrected chi connectivity index (χ3v) is 7.30. The van der Waals surface area contributed by atoms with Gasteiger partial charge in [0, 0.05) is 10.0 Å². The number of ether oxygens (including phenoxy) is 2. The Morgan fingerprint density at radius 2 is 2.00 bits per heavy atom. The fraction of sp³-hybridized carbons (Fsp3) is 0.222. The molecule has 1 aliphatic heterocycles. The summed E-state index contributed by atoms with van der Waals surface area (Å²) in [6.07, 6.45) is 4.75. The molecule has 0 atom stereocenters. The summed E-state index contributed by atoms with van der Waals surface area (Å²) in [7, 11) is 1.58. The number of furan rings is 1. The molecule has 0 radical (unpaired) electrons. The summed E-state index contributed by atoms with van der Waals surface area (Å²) < 4.78 is 18.0. The minimum atomic E-state index is -0.274. The van der Waals surface area contributed by atoms with Gasteiger partial charge < -0.3 is 19.0 Å². The third kappa shape index (κ3) is 6.89. The van der Waals surface area contributed by atoms with E-state index in [1.807, 2.05) is 18.2 Å². The Bertz CT molecular complexity index is 1400. The van der Waals surface area contributed by atoms with Crippen LogP contribution in [0.15, 0.2) is 77.2 Å². The summed E-state index contributed by atoms with van der Waals surface area (Å²) in [6.45, 7) is 4.93. The number of nitrogens with zero attached hydrogens (tertiary/aromatic N) is 3. The summed E-state index contributed by atoms with van der Waals surface area (Å²) in [5.74, 6) is 2.00. The number of aromatic hydroxyl groups is 1. The zero-order chi connectivity index (χ0) is 27.2. The number of carbonyl (C=O) groups excluding carboxylic acids is 1. The molecule has 1 amide bonds. The van der Waals surface area contributed by atoms with Crippen LogP contribution in [0.3, 0.4) is 0 Å². The van der Waals surface area contributed by atoms with Gasteiger partial charge in [-0.2, -0.15) is 5.10 Å². The van der Waals surface area contributed by atoms with Gasteiger partial charge in [-0.25, -0.2) is 0 Å². The van der Waals surface area contributed by atoms with Crippen molar-refractivity contribution in [3.05, 3.63) is 79.5 Å². The number of thioether (sulfide) groups is 1. The van der Waals surface area contributed by atoms with Gasteiger partial charge in [0.15, 0.2) is 16.7 Å². The second-order valence-electron chi connectivity index (χ2n) is 8.65. The second-order valence-corrected chi connectivity index (χ2v) is 11.4. The van der Waals surface area contributed by atoms with Crippen LogP contribution < -0.4 is 9.47 Å². The average molecular weight is 663 g/mol. The van der Waals surface area contributed by atoms with Crippen LogP contribution in [-0.2, 0) is 11.3 Å². The number of methoxy groups -OCH3 is 1. The Morgan fingerprint density at radius 3 is 2.71 bits per heavy atom. The van der Waals surface area contributed by atoms with Crippen molar-refractivity contribution in [3.8, 4) is 17.2 Å². The van der Waals surface area contributed by atoms with Crippen LogP contribution in [0, 0.1) is 5.92 Å². The molecule has 0 unspecified atom stereocenters. The van der Waals surface area contributed by atoms with Gasteiger partial charge in [-0.05, 0) is 87.7 Å². The largest absolute Gasteiger partial charge is 0.506 e. The molecule has 0 bridgehead atoms. The van der Waals surface area contributed by atoms with Crippen LogP contribution in [0.1, 0.15) is 30.7 Å². The van der Waals surface area contributed by atoms with Crippen LogP contribution >= 0.6 is 43.6 Å². The van der Waals surface area contributed by atoms with E-state index < -0.39 is 0 Å². The Labute approximate surface area is 241 Å². The summed E-state index contributed by atoms with van der Waals surface area (Å²) in [4.78, 5) is 15.2. The molecule has 0 spiro atoms. The maximum absolute atomic E-state index is 13.3. The molecule has 1 N–H and O–H groups in total. The van der Waals surface area contributed by atoms with Crippen molar-refractivity contribution in [3.63, 3.8) is 0 Å². The lowest BCUT2D eigenvalue weighted by Crippen LogP contribution is -2.28. The Balaban J connectivity index is 1.61. The average Bonchev–Trinajstić information content (AvgIpc) is 3.50. The first-order valence-corrected chi connectivity index (χ1v) is 14.0. The lowest BCUT2D eigenvalue weighted by Gasteiger charge is -2.13. The Morgan fingerprint density at radius 1 is 1.18 bits per heavy atom. The minimum Gasteiger partial charge on any atom is -0.506 e. The number of phenols is 1. The van der Waals surface area contributed by atoms with E-state index in [1.54, 1.807) is 49.9 Å². The number of carbonyl (C=O) groups is 1. The van der Waals surface area contributed by atoms with Gasteiger partial charge in [0.05, 0.1) is 42.1 Å². The van der Waals surface area contributed by atoms with Crippen molar-refractivity contribution in [1.29, 1.82) is 0 Å². The van der Waals surface area contributed by atoms with Crippen molar-refractivity contribution < 1.29 is 23.8 Å². The zero-order valence-corrected chi connectivity index (χ0v) is 24.8. The molecule has 1 aromatic heterocycles. The molecule has 4 rings (SSSR count). The number of halogens is 2. The summed E-state index contributed by atoms with van der Waals surface area (Å²) >= 11 is 7.91. The second kappa shape index (κ2) is 12.7. The normalized spacial score (nSPS) is 15.9. The maximum atomic E-state index is 13.3. The van der Waals surface area contributed by atoms with Crippen molar-refractivity contribution in [2.45, 2.75) is 20.4 Å². The molecule has 38 heavy (non-hydrogen) atoms. The fourth-order valence-electron chi connectivity index (χ4n) is 3.40. The van der Waals surface area contributed by atoms with Gasteiger partial charge in [-0.3, -0.25) is 9.69 Å². The summed E-state index contributed by atoms with van der Waals surface area (Å²) in [6, 6.07) is 12.5. The maximum Gasteiger partial charge on any atom is 0.267 e. The van der Waals surface area contributed by atoms with Gasteiger partial charge >= 0.3 is 0 Å². The van der Waals surface area contributed by atoms with E-state index >= 15 is 0 Å². The standard InChI is InChI=1S/C27H25Br2N3O5S/c1-16(2)15-37-22-7-6-17(9-23(22)35-3)13-30-31-27-32(14-20-5-4-8-36-20)26(34)24(38-27)11-18-10-19(28)12-21(29)25(18)33/h4-13,16,33H,14-15H2,1-3H3/b24-11-,30-13-,31-27+. The van der Waals surface area contributed by atoms with E-state index in [0.29, 0.717) is 49.9 Å². The Hall–Kier alpha value is -3.02. The molecule has 1 fully saturated rings. The predicted octanol–water partition coefficient (Wildman–Crippen LogP) is 7.06. The molecule has 11 heteroatoms. The third-order valence-electron chi connectivity index (χ3n) is 5.24. The SMILES string of the molecule is COc1cc(/C=N\N=C2\S/C(=C\c3cc(Br)cc(Br)c3O)C(=O)N2Cc2ccco2)ccc1OCC(C)C. The van der Waals surface area contributed by atoms with E-state index in [1.165, 1.54) is 4.90 Å². The molecule has 2 aromatic carbocycles. The molecule has 198 valence electrons. The number of amides is 1. The lowest BCUT2D eigenvalue weighted by atomic mass is 10.2. The highest BCUT2D eigenvalue weighted by molar-refractivity contribution is 9.11. The number of hydrogen-bond donors (Lipinski definition) is 1. The first-order chi connectivity index (χ1) is 18.2. The molecule has 0 aliphatic carbocycles. The quantitative estimate of drug-likeness (QED) is 0.150. The van der Waals surface area contributed by atoms with E-state index in [9.17, 15) is 9.90 Å². The lowest BCUT2D eigenvalue weighted by molar-refractivity contribution is -0.122. The Kier molecular flexibility index (Phi) is 9.35. The smallest absolute Gasteiger partial charge is 0.267 e. The van der Waals surface area contributed by atoms with E-state index in [-0.39, 0.29) is 18.2 Å². The van der Waals surface area contributed by atoms with Gasteiger partial charge in [0.25, 0.3) is 5.91 Å². The first kappa shape index (κ1) is 28.0.